The fraction of sp³-hybridized carbons (Fsp3) is 0.647. The van der Waals surface area contributed by atoms with Crippen LogP contribution in [0.3, 0.4) is 0 Å². The SMILES string of the molecule is CCN(CCC(N)c1cc(C)cc(C)c1)CC(C)C. The predicted molar refractivity (Wildman–Crippen MR) is 84.4 cm³/mol. The van der Waals surface area contributed by atoms with Crippen molar-refractivity contribution in [2.24, 2.45) is 11.7 Å². The van der Waals surface area contributed by atoms with E-state index in [-0.39, 0.29) is 6.04 Å². The van der Waals surface area contributed by atoms with Crippen molar-refractivity contribution in [3.63, 3.8) is 0 Å². The highest BCUT2D eigenvalue weighted by Crippen LogP contribution is 2.18. The second kappa shape index (κ2) is 7.66. The number of nitrogens with two attached hydrogens (primary N) is 1. The van der Waals surface area contributed by atoms with Gasteiger partial charge in [0.15, 0.2) is 0 Å². The van der Waals surface area contributed by atoms with Gasteiger partial charge in [0.05, 0.1) is 0 Å². The minimum Gasteiger partial charge on any atom is -0.324 e. The Morgan fingerprint density at radius 3 is 2.16 bits per heavy atom. The third kappa shape index (κ3) is 5.75. The van der Waals surface area contributed by atoms with Crippen molar-refractivity contribution in [3.8, 4) is 0 Å². The number of rotatable bonds is 7. The van der Waals surface area contributed by atoms with Crippen LogP contribution in [-0.2, 0) is 0 Å². The molecule has 0 aliphatic heterocycles. The second-order valence-electron chi connectivity index (χ2n) is 6.10. The molecule has 1 unspecified atom stereocenters. The van der Waals surface area contributed by atoms with E-state index in [2.05, 4.69) is 57.7 Å². The molecule has 1 rings (SSSR count). The number of nitrogens with zero attached hydrogens (tertiary/aromatic N) is 1. The van der Waals surface area contributed by atoms with Crippen LogP contribution < -0.4 is 5.73 Å². The summed E-state index contributed by atoms with van der Waals surface area (Å²) in [6, 6.07) is 6.79. The Morgan fingerprint density at radius 1 is 1.11 bits per heavy atom. The third-order valence-electron chi connectivity index (χ3n) is 3.50. The molecule has 0 bridgehead atoms. The normalized spacial score (nSPS) is 13.3. The maximum atomic E-state index is 6.34. The summed E-state index contributed by atoms with van der Waals surface area (Å²) in [5.74, 6) is 0.720. The highest BCUT2D eigenvalue weighted by molar-refractivity contribution is 5.30. The van der Waals surface area contributed by atoms with Crippen LogP contribution in [0.2, 0.25) is 0 Å². The summed E-state index contributed by atoms with van der Waals surface area (Å²) < 4.78 is 0. The van der Waals surface area contributed by atoms with Gasteiger partial charge in [0.1, 0.15) is 0 Å². The number of aryl methyl sites for hydroxylation is 2. The van der Waals surface area contributed by atoms with Crippen LogP contribution in [0.4, 0.5) is 0 Å². The summed E-state index contributed by atoms with van der Waals surface area (Å²) in [6.45, 7) is 14.4. The molecule has 2 nitrogen and oxygen atoms in total. The van der Waals surface area contributed by atoms with Gasteiger partial charge in [-0.15, -0.1) is 0 Å². The average molecular weight is 262 g/mol. The van der Waals surface area contributed by atoms with E-state index >= 15 is 0 Å². The van der Waals surface area contributed by atoms with Gasteiger partial charge in [-0.1, -0.05) is 50.1 Å². The molecular formula is C17H30N2. The Morgan fingerprint density at radius 2 is 1.68 bits per heavy atom. The van der Waals surface area contributed by atoms with E-state index in [0.29, 0.717) is 0 Å². The smallest absolute Gasteiger partial charge is 0.0307 e. The topological polar surface area (TPSA) is 29.3 Å². The molecule has 0 aliphatic carbocycles. The molecule has 0 aromatic heterocycles. The molecule has 0 saturated heterocycles. The van der Waals surface area contributed by atoms with Crippen molar-refractivity contribution in [1.29, 1.82) is 0 Å². The van der Waals surface area contributed by atoms with Crippen LogP contribution >= 0.6 is 0 Å². The van der Waals surface area contributed by atoms with Gasteiger partial charge in [0.2, 0.25) is 0 Å². The first kappa shape index (κ1) is 16.2. The molecule has 0 heterocycles. The van der Waals surface area contributed by atoms with Crippen LogP contribution in [0.15, 0.2) is 18.2 Å². The van der Waals surface area contributed by atoms with Crippen molar-refractivity contribution in [2.45, 2.75) is 47.1 Å². The molecule has 108 valence electrons. The lowest BCUT2D eigenvalue weighted by atomic mass is 9.99. The van der Waals surface area contributed by atoms with Crippen molar-refractivity contribution in [1.82, 2.24) is 4.90 Å². The highest BCUT2D eigenvalue weighted by atomic mass is 15.1. The zero-order valence-corrected chi connectivity index (χ0v) is 13.2. The summed E-state index contributed by atoms with van der Waals surface area (Å²) >= 11 is 0. The molecule has 1 aromatic carbocycles. The van der Waals surface area contributed by atoms with E-state index < -0.39 is 0 Å². The van der Waals surface area contributed by atoms with Gasteiger partial charge in [0, 0.05) is 12.6 Å². The number of hydrogen-bond acceptors (Lipinski definition) is 2. The van der Waals surface area contributed by atoms with E-state index in [1.54, 1.807) is 0 Å². The van der Waals surface area contributed by atoms with Crippen molar-refractivity contribution in [3.05, 3.63) is 34.9 Å². The number of hydrogen-bond donors (Lipinski definition) is 1. The van der Waals surface area contributed by atoms with Gasteiger partial charge in [-0.2, -0.15) is 0 Å². The molecule has 0 spiro atoms. The zero-order chi connectivity index (χ0) is 14.4. The minimum atomic E-state index is 0.153. The molecule has 0 fully saturated rings. The first-order chi connectivity index (χ1) is 8.92. The summed E-state index contributed by atoms with van der Waals surface area (Å²) in [5, 5.41) is 0. The second-order valence-corrected chi connectivity index (χ2v) is 6.10. The summed E-state index contributed by atoms with van der Waals surface area (Å²) in [4.78, 5) is 2.49. The van der Waals surface area contributed by atoms with Crippen LogP contribution in [0, 0.1) is 19.8 Å². The van der Waals surface area contributed by atoms with Crippen molar-refractivity contribution < 1.29 is 0 Å². The Bertz CT molecular complexity index is 365. The van der Waals surface area contributed by atoms with Gasteiger partial charge in [0.25, 0.3) is 0 Å². The summed E-state index contributed by atoms with van der Waals surface area (Å²) in [5.41, 5.74) is 10.2. The Hall–Kier alpha value is -0.860. The molecular weight excluding hydrogens is 232 g/mol. The highest BCUT2D eigenvalue weighted by Gasteiger charge is 2.10. The lowest BCUT2D eigenvalue weighted by molar-refractivity contribution is 0.247. The Balaban J connectivity index is 2.56. The molecule has 1 atom stereocenters. The van der Waals surface area contributed by atoms with Crippen LogP contribution in [-0.4, -0.2) is 24.5 Å². The van der Waals surface area contributed by atoms with E-state index in [0.717, 1.165) is 32.0 Å². The molecule has 0 amide bonds. The maximum Gasteiger partial charge on any atom is 0.0307 e. The van der Waals surface area contributed by atoms with Gasteiger partial charge in [-0.25, -0.2) is 0 Å². The first-order valence-electron chi connectivity index (χ1n) is 7.48. The summed E-state index contributed by atoms with van der Waals surface area (Å²) in [6.07, 6.45) is 1.03. The standard InChI is InChI=1S/C17H30N2/c1-6-19(12-13(2)3)8-7-17(18)16-10-14(4)9-15(5)11-16/h9-11,13,17H,6-8,12,18H2,1-5H3. The average Bonchev–Trinajstić information content (AvgIpc) is 2.32. The van der Waals surface area contributed by atoms with Gasteiger partial charge < -0.3 is 10.6 Å². The maximum absolute atomic E-state index is 6.34. The molecule has 0 radical (unpaired) electrons. The van der Waals surface area contributed by atoms with Gasteiger partial charge >= 0.3 is 0 Å². The van der Waals surface area contributed by atoms with Crippen LogP contribution in [0.25, 0.3) is 0 Å². The van der Waals surface area contributed by atoms with Crippen molar-refractivity contribution >= 4 is 0 Å². The molecule has 0 aliphatic rings. The Labute approximate surface area is 119 Å². The van der Waals surface area contributed by atoms with Crippen LogP contribution in [0.5, 0.6) is 0 Å². The van der Waals surface area contributed by atoms with Gasteiger partial charge in [-0.3, -0.25) is 0 Å². The largest absolute Gasteiger partial charge is 0.324 e. The molecule has 19 heavy (non-hydrogen) atoms. The molecule has 0 saturated carbocycles. The van der Waals surface area contributed by atoms with Crippen LogP contribution in [0.1, 0.15) is 49.9 Å². The first-order valence-corrected chi connectivity index (χ1v) is 7.48. The van der Waals surface area contributed by atoms with E-state index in [9.17, 15) is 0 Å². The van der Waals surface area contributed by atoms with Crippen molar-refractivity contribution in [2.75, 3.05) is 19.6 Å². The fourth-order valence-corrected chi connectivity index (χ4v) is 2.61. The molecule has 2 N–H and O–H groups in total. The summed E-state index contributed by atoms with van der Waals surface area (Å²) in [7, 11) is 0. The van der Waals surface area contributed by atoms with E-state index in [4.69, 9.17) is 5.73 Å². The lowest BCUT2D eigenvalue weighted by Gasteiger charge is -2.24. The quantitative estimate of drug-likeness (QED) is 0.812. The lowest BCUT2D eigenvalue weighted by Crippen LogP contribution is -2.30. The Kier molecular flexibility index (Phi) is 6.53. The molecule has 1 aromatic rings. The zero-order valence-electron chi connectivity index (χ0n) is 13.2. The predicted octanol–water partition coefficient (Wildman–Crippen LogP) is 3.67. The van der Waals surface area contributed by atoms with E-state index in [1.165, 1.54) is 16.7 Å². The third-order valence-corrected chi connectivity index (χ3v) is 3.50. The minimum absolute atomic E-state index is 0.153. The molecule has 2 heteroatoms. The van der Waals surface area contributed by atoms with E-state index in [1.807, 2.05) is 0 Å². The fourth-order valence-electron chi connectivity index (χ4n) is 2.61. The monoisotopic (exact) mass is 262 g/mol. The van der Waals surface area contributed by atoms with Gasteiger partial charge in [-0.05, 0) is 44.8 Å². The number of benzene rings is 1.